The topological polar surface area (TPSA) is 12.4 Å². The van der Waals surface area contributed by atoms with Crippen molar-refractivity contribution < 1.29 is 0 Å². The highest BCUT2D eigenvalue weighted by molar-refractivity contribution is 8.02. The predicted octanol–water partition coefficient (Wildman–Crippen LogP) is 1.57. The summed E-state index contributed by atoms with van der Waals surface area (Å²) in [5, 5.41) is 0. The van der Waals surface area contributed by atoms with Gasteiger partial charge in [0.15, 0.2) is 0 Å². The van der Waals surface area contributed by atoms with Crippen LogP contribution in [-0.2, 0) is 9.41 Å². The summed E-state index contributed by atoms with van der Waals surface area (Å²) in [6, 6.07) is 0. The van der Waals surface area contributed by atoms with Crippen LogP contribution in [0, 0.1) is 0 Å². The van der Waals surface area contributed by atoms with E-state index in [0.29, 0.717) is 0 Å². The monoisotopic (exact) mass is 145 g/mol. The van der Waals surface area contributed by atoms with Gasteiger partial charge in [0.2, 0.25) is 0 Å². The molecule has 1 aliphatic rings. The van der Waals surface area contributed by atoms with E-state index in [2.05, 4.69) is 10.2 Å². The highest BCUT2D eigenvalue weighted by atomic mass is 32.2. The van der Waals surface area contributed by atoms with Crippen LogP contribution in [0.3, 0.4) is 0 Å². The van der Waals surface area contributed by atoms with Gasteiger partial charge in [-0.25, -0.2) is 0 Å². The van der Waals surface area contributed by atoms with Crippen molar-refractivity contribution in [2.45, 2.75) is 19.3 Å². The van der Waals surface area contributed by atoms with Crippen LogP contribution in [0.1, 0.15) is 19.3 Å². The Kier molecular flexibility index (Phi) is 2.17. The van der Waals surface area contributed by atoms with E-state index in [-0.39, 0.29) is 0 Å². The third kappa shape index (κ3) is 1.71. The summed E-state index contributed by atoms with van der Waals surface area (Å²) in [6.07, 6.45) is 4.12. The van der Waals surface area contributed by atoms with Crippen molar-refractivity contribution in [2.75, 3.05) is 18.6 Å². The summed E-state index contributed by atoms with van der Waals surface area (Å²) in [5.74, 6) is 6.73. The third-order valence-corrected chi connectivity index (χ3v) is 4.81. The largest absolute Gasteiger partial charge is 0.275 e. The Morgan fingerprint density at radius 3 is 2.11 bits per heavy atom. The van der Waals surface area contributed by atoms with E-state index in [1.54, 1.807) is 0 Å². The van der Waals surface area contributed by atoms with Crippen LogP contribution >= 0.6 is 0 Å². The van der Waals surface area contributed by atoms with Crippen molar-refractivity contribution in [3.63, 3.8) is 0 Å². The Labute approximate surface area is 58.1 Å². The molecule has 0 N–H and O–H groups in total. The molecule has 0 unspecified atom stereocenters. The van der Waals surface area contributed by atoms with Crippen LogP contribution in [-0.4, -0.2) is 24.4 Å². The van der Waals surface area contributed by atoms with Gasteiger partial charge >= 0.3 is 0 Å². The summed E-state index contributed by atoms with van der Waals surface area (Å²) in [5.41, 5.74) is 0. The molecule has 0 aromatic carbocycles. The smallest absolute Gasteiger partial charge is 0.0340 e. The maximum absolute atomic E-state index is 4.35. The first-order valence-corrected chi connectivity index (χ1v) is 5.59. The van der Waals surface area contributed by atoms with E-state index < -0.39 is 9.41 Å². The van der Waals surface area contributed by atoms with Gasteiger partial charge in [0.1, 0.15) is 0 Å². The summed E-state index contributed by atoms with van der Waals surface area (Å²) in [7, 11) is 1.22. The average Bonchev–Trinajstić information content (AvgIpc) is 1.90. The standard InChI is InChI=1S/C7H15NS/c1-8-9(2)6-4-3-5-7-9/h2-7H2,1H3. The Bertz CT molecular complexity index is 175. The molecule has 2 heteroatoms. The molecule has 0 atom stereocenters. The van der Waals surface area contributed by atoms with Crippen LogP contribution < -0.4 is 0 Å². The molecule has 9 heavy (non-hydrogen) atoms. The van der Waals surface area contributed by atoms with Crippen molar-refractivity contribution in [2.24, 2.45) is 4.36 Å². The first-order valence-electron chi connectivity index (χ1n) is 3.50. The summed E-state index contributed by atoms with van der Waals surface area (Å²) in [6.45, 7) is 0. The van der Waals surface area contributed by atoms with Gasteiger partial charge in [-0.1, -0.05) is 12.3 Å². The highest BCUT2D eigenvalue weighted by Gasteiger charge is 2.06. The zero-order valence-corrected chi connectivity index (χ0v) is 6.91. The number of hydrogen-bond acceptors (Lipinski definition) is 1. The van der Waals surface area contributed by atoms with Crippen LogP contribution in [0.5, 0.6) is 0 Å². The van der Waals surface area contributed by atoms with Gasteiger partial charge in [0.05, 0.1) is 0 Å². The lowest BCUT2D eigenvalue weighted by Crippen LogP contribution is -2.15. The molecule has 0 aliphatic carbocycles. The second kappa shape index (κ2) is 2.74. The van der Waals surface area contributed by atoms with Crippen molar-refractivity contribution in [1.82, 2.24) is 0 Å². The molecule has 1 heterocycles. The van der Waals surface area contributed by atoms with Crippen molar-refractivity contribution in [1.29, 1.82) is 0 Å². The molecule has 1 fully saturated rings. The second-order valence-corrected chi connectivity index (χ2v) is 5.83. The van der Waals surface area contributed by atoms with Crippen molar-refractivity contribution in [3.8, 4) is 0 Å². The van der Waals surface area contributed by atoms with E-state index in [1.807, 2.05) is 7.05 Å². The highest BCUT2D eigenvalue weighted by Crippen LogP contribution is 2.12. The molecule has 1 nitrogen and oxygen atoms in total. The minimum Gasteiger partial charge on any atom is -0.275 e. The SMILES string of the molecule is C=S1(=NC)CCCCC1. The maximum atomic E-state index is 4.35. The molecular formula is C7H15NS. The van der Waals surface area contributed by atoms with Gasteiger partial charge in [0.25, 0.3) is 0 Å². The zero-order valence-electron chi connectivity index (χ0n) is 6.10. The molecule has 1 saturated heterocycles. The summed E-state index contributed by atoms with van der Waals surface area (Å²) in [4.78, 5) is 0. The van der Waals surface area contributed by atoms with E-state index in [9.17, 15) is 0 Å². The fourth-order valence-corrected chi connectivity index (χ4v) is 3.26. The first kappa shape index (κ1) is 7.13. The molecule has 0 aromatic rings. The Morgan fingerprint density at radius 1 is 1.22 bits per heavy atom. The van der Waals surface area contributed by atoms with E-state index in [0.717, 1.165) is 0 Å². The molecule has 1 aliphatic heterocycles. The van der Waals surface area contributed by atoms with E-state index >= 15 is 0 Å². The molecule has 54 valence electrons. The van der Waals surface area contributed by atoms with Gasteiger partial charge < -0.3 is 0 Å². The lowest BCUT2D eigenvalue weighted by molar-refractivity contribution is 0.758. The lowest BCUT2D eigenvalue weighted by atomic mass is 10.3. The normalized spacial score (nSPS) is 25.4. The van der Waals surface area contributed by atoms with Gasteiger partial charge in [-0.3, -0.25) is 4.36 Å². The zero-order chi connectivity index (χ0) is 6.74. The van der Waals surface area contributed by atoms with Gasteiger partial charge in [-0.2, -0.15) is 0 Å². The van der Waals surface area contributed by atoms with Crippen LogP contribution in [0.2, 0.25) is 0 Å². The van der Waals surface area contributed by atoms with Crippen LogP contribution in [0.25, 0.3) is 0 Å². The summed E-state index contributed by atoms with van der Waals surface area (Å²) >= 11 is 0. The fourth-order valence-electron chi connectivity index (χ4n) is 1.20. The van der Waals surface area contributed by atoms with Gasteiger partial charge in [-0.15, -0.1) is 9.41 Å². The Hall–Kier alpha value is 0.0200. The molecule has 0 saturated carbocycles. The molecule has 0 radical (unpaired) electrons. The van der Waals surface area contributed by atoms with E-state index in [1.165, 1.54) is 30.8 Å². The van der Waals surface area contributed by atoms with Crippen LogP contribution in [0.15, 0.2) is 4.36 Å². The number of nitrogens with zero attached hydrogens (tertiary/aromatic N) is 1. The Balaban J connectivity index is 2.70. The molecule has 0 bridgehead atoms. The van der Waals surface area contributed by atoms with Crippen LogP contribution in [0.4, 0.5) is 0 Å². The minimum atomic E-state index is -0.703. The predicted molar refractivity (Wildman–Crippen MR) is 46.4 cm³/mol. The molecule has 0 amide bonds. The van der Waals surface area contributed by atoms with E-state index in [4.69, 9.17) is 0 Å². The molecule has 0 aromatic heterocycles. The fraction of sp³-hybridized carbons (Fsp3) is 0.857. The summed E-state index contributed by atoms with van der Waals surface area (Å²) < 4.78 is 4.35. The van der Waals surface area contributed by atoms with Gasteiger partial charge in [0, 0.05) is 7.05 Å². The number of rotatable bonds is 0. The number of hydrogen-bond donors (Lipinski definition) is 0. The molecule has 1 rings (SSSR count). The second-order valence-electron chi connectivity index (χ2n) is 2.65. The van der Waals surface area contributed by atoms with Gasteiger partial charge in [-0.05, 0) is 24.3 Å². The molecule has 0 spiro atoms. The quantitative estimate of drug-likeness (QED) is 0.459. The van der Waals surface area contributed by atoms with Crippen molar-refractivity contribution in [3.05, 3.63) is 0 Å². The Morgan fingerprint density at radius 2 is 1.78 bits per heavy atom. The minimum absolute atomic E-state index is 0.703. The average molecular weight is 145 g/mol. The maximum Gasteiger partial charge on any atom is 0.0340 e. The third-order valence-electron chi connectivity index (χ3n) is 1.94. The first-order chi connectivity index (χ1) is 4.27. The molecular weight excluding hydrogens is 130 g/mol. The lowest BCUT2D eigenvalue weighted by Gasteiger charge is -2.19. The van der Waals surface area contributed by atoms with Crippen molar-refractivity contribution >= 4 is 15.3 Å².